The first-order valence-electron chi connectivity index (χ1n) is 8.64. The van der Waals surface area contributed by atoms with Gasteiger partial charge in [-0.15, -0.1) is 11.3 Å². The van der Waals surface area contributed by atoms with Crippen LogP contribution in [0, 0.1) is 5.92 Å². The highest BCUT2D eigenvalue weighted by molar-refractivity contribution is 7.07. The molecule has 0 saturated carbocycles. The molecule has 2 aromatic heterocycles. The highest BCUT2D eigenvalue weighted by Gasteiger charge is 2.40. The molecular formula is C17H23N5OS. The van der Waals surface area contributed by atoms with E-state index in [1.54, 1.807) is 11.3 Å². The third-order valence-electron chi connectivity index (χ3n) is 5.10. The largest absolute Gasteiger partial charge is 0.332 e. The van der Waals surface area contributed by atoms with E-state index in [0.717, 1.165) is 44.7 Å². The second-order valence-corrected chi connectivity index (χ2v) is 7.49. The van der Waals surface area contributed by atoms with Crippen molar-refractivity contribution in [2.75, 3.05) is 13.1 Å². The standard InChI is InChI=1S/C17H23N5OS/c1-2-21-7-13(5-19-21)6-20-8-14-3-4-16(10-20)22(17(14)23)9-15-11-24-12-18-15/h5,7,11-12,14,16H,2-4,6,8-10H2,1H3/t14-,16+/m0/s1. The maximum atomic E-state index is 12.8. The lowest BCUT2D eigenvalue weighted by Crippen LogP contribution is -2.47. The number of amides is 1. The summed E-state index contributed by atoms with van der Waals surface area (Å²) in [6.07, 6.45) is 6.18. The normalized spacial score (nSPS) is 24.5. The molecular weight excluding hydrogens is 322 g/mol. The maximum Gasteiger partial charge on any atom is 0.227 e. The molecule has 3 aliphatic rings. The summed E-state index contributed by atoms with van der Waals surface area (Å²) in [5, 5.41) is 6.41. The van der Waals surface area contributed by atoms with E-state index in [4.69, 9.17) is 0 Å². The van der Waals surface area contributed by atoms with Crippen LogP contribution in [-0.4, -0.2) is 49.6 Å². The SMILES string of the molecule is CCn1cc(CN2C[C@@H]3CC[C@H](C2)N(Cc2cscn2)C3=O)cn1. The number of rotatable bonds is 5. The molecule has 5 heterocycles. The van der Waals surface area contributed by atoms with Crippen molar-refractivity contribution in [1.82, 2.24) is 24.6 Å². The Morgan fingerprint density at radius 1 is 1.29 bits per heavy atom. The molecule has 6 nitrogen and oxygen atoms in total. The summed E-state index contributed by atoms with van der Waals surface area (Å²) in [7, 11) is 0. The fourth-order valence-electron chi connectivity index (χ4n) is 3.88. The molecule has 24 heavy (non-hydrogen) atoms. The Kier molecular flexibility index (Phi) is 4.37. The van der Waals surface area contributed by atoms with Crippen LogP contribution < -0.4 is 0 Å². The molecule has 0 aliphatic carbocycles. The van der Waals surface area contributed by atoms with Crippen molar-refractivity contribution >= 4 is 17.2 Å². The average molecular weight is 345 g/mol. The van der Waals surface area contributed by atoms with Gasteiger partial charge in [-0.3, -0.25) is 14.4 Å². The number of hydrogen-bond acceptors (Lipinski definition) is 5. The third kappa shape index (κ3) is 3.10. The van der Waals surface area contributed by atoms with Crippen molar-refractivity contribution in [3.8, 4) is 0 Å². The first-order chi connectivity index (χ1) is 11.7. The minimum atomic E-state index is 0.128. The zero-order valence-electron chi connectivity index (χ0n) is 14.0. The Bertz CT molecular complexity index is 698. The quantitative estimate of drug-likeness (QED) is 0.831. The Morgan fingerprint density at radius 2 is 2.21 bits per heavy atom. The number of aromatic nitrogens is 3. The van der Waals surface area contributed by atoms with E-state index in [1.807, 2.05) is 21.8 Å². The minimum Gasteiger partial charge on any atom is -0.332 e. The highest BCUT2D eigenvalue weighted by atomic mass is 32.1. The number of carbonyl (C=O) groups excluding carboxylic acids is 1. The monoisotopic (exact) mass is 345 g/mol. The Morgan fingerprint density at radius 3 is 2.96 bits per heavy atom. The van der Waals surface area contributed by atoms with Crippen LogP contribution in [0.4, 0.5) is 0 Å². The van der Waals surface area contributed by atoms with Gasteiger partial charge in [0.25, 0.3) is 0 Å². The number of aryl methyl sites for hydroxylation is 1. The summed E-state index contributed by atoms with van der Waals surface area (Å²) < 4.78 is 1.96. The van der Waals surface area contributed by atoms with Gasteiger partial charge in [-0.25, -0.2) is 4.98 Å². The predicted octanol–water partition coefficient (Wildman–Crippen LogP) is 1.98. The second-order valence-electron chi connectivity index (χ2n) is 6.77. The van der Waals surface area contributed by atoms with Crippen LogP contribution in [-0.2, 0) is 24.4 Å². The van der Waals surface area contributed by atoms with Crippen molar-refractivity contribution < 1.29 is 4.79 Å². The van der Waals surface area contributed by atoms with Gasteiger partial charge in [0.2, 0.25) is 5.91 Å². The van der Waals surface area contributed by atoms with Gasteiger partial charge in [0, 0.05) is 49.4 Å². The van der Waals surface area contributed by atoms with Crippen molar-refractivity contribution in [3.05, 3.63) is 34.5 Å². The molecule has 3 fully saturated rings. The van der Waals surface area contributed by atoms with E-state index in [1.165, 1.54) is 5.56 Å². The third-order valence-corrected chi connectivity index (χ3v) is 5.74. The van der Waals surface area contributed by atoms with Crippen LogP contribution in [0.5, 0.6) is 0 Å². The van der Waals surface area contributed by atoms with Gasteiger partial charge in [-0.05, 0) is 19.8 Å². The van der Waals surface area contributed by atoms with E-state index < -0.39 is 0 Å². The van der Waals surface area contributed by atoms with Gasteiger partial charge >= 0.3 is 0 Å². The van der Waals surface area contributed by atoms with Crippen LogP contribution in [0.25, 0.3) is 0 Å². The van der Waals surface area contributed by atoms with Crippen LogP contribution in [0.15, 0.2) is 23.3 Å². The lowest BCUT2D eigenvalue weighted by atomic mass is 9.94. The number of nitrogens with zero attached hydrogens (tertiary/aromatic N) is 5. The second kappa shape index (κ2) is 6.64. The molecule has 7 heteroatoms. The first-order valence-corrected chi connectivity index (χ1v) is 9.58. The molecule has 0 N–H and O–H groups in total. The van der Waals surface area contributed by atoms with Crippen LogP contribution in [0.2, 0.25) is 0 Å². The van der Waals surface area contributed by atoms with E-state index in [-0.39, 0.29) is 5.92 Å². The molecule has 0 aromatic carbocycles. The van der Waals surface area contributed by atoms with Crippen molar-refractivity contribution in [1.29, 1.82) is 0 Å². The molecule has 2 aromatic rings. The van der Waals surface area contributed by atoms with E-state index in [2.05, 4.69) is 33.0 Å². The predicted molar refractivity (Wildman–Crippen MR) is 92.4 cm³/mol. The molecule has 3 saturated heterocycles. The lowest BCUT2D eigenvalue weighted by molar-refractivity contribution is -0.140. The Labute approximate surface area is 146 Å². The summed E-state index contributed by atoms with van der Waals surface area (Å²) >= 11 is 1.59. The van der Waals surface area contributed by atoms with Crippen LogP contribution in [0.3, 0.4) is 0 Å². The molecule has 5 rings (SSSR count). The van der Waals surface area contributed by atoms with Gasteiger partial charge in [-0.2, -0.15) is 5.10 Å². The number of thiazole rings is 1. The molecule has 3 aliphatic heterocycles. The number of carbonyl (C=O) groups is 1. The van der Waals surface area contributed by atoms with Crippen molar-refractivity contribution in [3.63, 3.8) is 0 Å². The zero-order chi connectivity index (χ0) is 16.5. The Balaban J connectivity index is 1.48. The van der Waals surface area contributed by atoms with Crippen LogP contribution >= 0.6 is 11.3 Å². The Hall–Kier alpha value is -1.73. The first kappa shape index (κ1) is 15.8. The molecule has 2 bridgehead atoms. The van der Waals surface area contributed by atoms with Gasteiger partial charge in [0.15, 0.2) is 0 Å². The number of piperidine rings is 1. The summed E-state index contributed by atoms with van der Waals surface area (Å²) in [6.45, 7) is 6.34. The zero-order valence-corrected chi connectivity index (χ0v) is 14.8. The van der Waals surface area contributed by atoms with E-state index in [0.29, 0.717) is 18.5 Å². The molecule has 0 radical (unpaired) electrons. The lowest BCUT2D eigenvalue weighted by Gasteiger charge is -2.35. The summed E-state index contributed by atoms with van der Waals surface area (Å²) in [5.41, 5.74) is 4.08. The molecule has 128 valence electrons. The average Bonchev–Trinajstić information content (AvgIpc) is 3.18. The molecule has 0 spiro atoms. The smallest absolute Gasteiger partial charge is 0.227 e. The minimum absolute atomic E-state index is 0.128. The van der Waals surface area contributed by atoms with Crippen LogP contribution in [0.1, 0.15) is 31.0 Å². The summed E-state index contributed by atoms with van der Waals surface area (Å²) in [4.78, 5) is 21.7. The highest BCUT2D eigenvalue weighted by Crippen LogP contribution is 2.31. The van der Waals surface area contributed by atoms with Gasteiger partial charge < -0.3 is 4.90 Å². The molecule has 2 atom stereocenters. The fourth-order valence-corrected chi connectivity index (χ4v) is 4.43. The van der Waals surface area contributed by atoms with Gasteiger partial charge in [-0.1, -0.05) is 0 Å². The summed E-state index contributed by atoms with van der Waals surface area (Å²) in [5.74, 6) is 0.439. The number of fused-ring (bicyclic) bond motifs is 4. The van der Waals surface area contributed by atoms with Crippen molar-refractivity contribution in [2.24, 2.45) is 5.92 Å². The molecule has 1 amide bonds. The van der Waals surface area contributed by atoms with Gasteiger partial charge in [0.05, 0.1) is 29.9 Å². The van der Waals surface area contributed by atoms with E-state index in [9.17, 15) is 4.79 Å². The maximum absolute atomic E-state index is 12.8. The van der Waals surface area contributed by atoms with Gasteiger partial charge in [0.1, 0.15) is 0 Å². The number of hydrogen-bond donors (Lipinski definition) is 0. The fraction of sp³-hybridized carbons (Fsp3) is 0.588. The molecule has 0 unspecified atom stereocenters. The topological polar surface area (TPSA) is 54.3 Å². The van der Waals surface area contributed by atoms with Crippen molar-refractivity contribution in [2.45, 2.75) is 45.4 Å². The van der Waals surface area contributed by atoms with E-state index >= 15 is 0 Å². The summed E-state index contributed by atoms with van der Waals surface area (Å²) in [6, 6.07) is 0.305.